The first-order chi connectivity index (χ1) is 9.76. The number of carboxylic acid groups (broad SMARTS) is 1. The van der Waals surface area contributed by atoms with Crippen LogP contribution in [0.25, 0.3) is 0 Å². The Morgan fingerprint density at radius 1 is 1.14 bits per heavy atom. The van der Waals surface area contributed by atoms with Crippen LogP contribution in [-0.4, -0.2) is 49.6 Å². The van der Waals surface area contributed by atoms with Crippen LogP contribution in [0.1, 0.15) is 32.1 Å². The lowest BCUT2D eigenvalue weighted by molar-refractivity contribution is -0.139. The maximum absolute atomic E-state index is 11.9. The molecule has 21 heavy (non-hydrogen) atoms. The van der Waals surface area contributed by atoms with E-state index < -0.39 is 27.9 Å². The highest BCUT2D eigenvalue weighted by Crippen LogP contribution is 2.44. The van der Waals surface area contributed by atoms with Crippen molar-refractivity contribution in [2.45, 2.75) is 44.2 Å². The number of hydrogen-bond donors (Lipinski definition) is 3. The van der Waals surface area contributed by atoms with Gasteiger partial charge in [-0.05, 0) is 43.9 Å². The SMILES string of the molecule is CS(=O)(=O)CCC(NC(=O)NC(C1CC1)C1CC1)C(=O)O. The van der Waals surface area contributed by atoms with Crippen molar-refractivity contribution in [3.05, 3.63) is 0 Å². The molecule has 7 nitrogen and oxygen atoms in total. The molecule has 0 aromatic carbocycles. The molecule has 0 bridgehead atoms. The Morgan fingerprint density at radius 2 is 1.67 bits per heavy atom. The van der Waals surface area contributed by atoms with Crippen LogP contribution in [0.5, 0.6) is 0 Å². The largest absolute Gasteiger partial charge is 0.480 e. The van der Waals surface area contributed by atoms with Crippen molar-refractivity contribution in [3.63, 3.8) is 0 Å². The van der Waals surface area contributed by atoms with E-state index >= 15 is 0 Å². The van der Waals surface area contributed by atoms with Crippen LogP contribution in [0.4, 0.5) is 4.79 Å². The third-order valence-electron chi connectivity index (χ3n) is 3.94. The van der Waals surface area contributed by atoms with E-state index in [1.165, 1.54) is 0 Å². The standard InChI is InChI=1S/C13H22N2O5S/c1-21(19,20)7-6-10(12(16)17)14-13(18)15-11(8-2-3-8)9-4-5-9/h8-11H,2-7H2,1H3,(H,16,17)(H2,14,15,18). The summed E-state index contributed by atoms with van der Waals surface area (Å²) < 4.78 is 22.2. The first kappa shape index (κ1) is 16.1. The van der Waals surface area contributed by atoms with Crippen molar-refractivity contribution < 1.29 is 23.1 Å². The third kappa shape index (κ3) is 5.53. The molecular weight excluding hydrogens is 296 g/mol. The third-order valence-corrected chi connectivity index (χ3v) is 4.92. The number of nitrogens with one attached hydrogen (secondary N) is 2. The maximum Gasteiger partial charge on any atom is 0.326 e. The molecule has 1 atom stereocenters. The van der Waals surface area contributed by atoms with Crippen LogP contribution in [0.2, 0.25) is 0 Å². The monoisotopic (exact) mass is 318 g/mol. The summed E-state index contributed by atoms with van der Waals surface area (Å²) in [6.07, 6.45) is 5.35. The number of carbonyl (C=O) groups excluding carboxylic acids is 1. The molecule has 0 spiro atoms. The number of hydrogen-bond acceptors (Lipinski definition) is 4. The van der Waals surface area contributed by atoms with E-state index in [-0.39, 0.29) is 18.2 Å². The Kier molecular flexibility index (Phi) is 4.75. The molecule has 8 heteroatoms. The van der Waals surface area contributed by atoms with Gasteiger partial charge in [0.15, 0.2) is 0 Å². The lowest BCUT2D eigenvalue weighted by Gasteiger charge is -2.20. The molecule has 3 N–H and O–H groups in total. The molecule has 0 heterocycles. The molecule has 1 unspecified atom stereocenters. The van der Waals surface area contributed by atoms with E-state index in [0.717, 1.165) is 31.9 Å². The zero-order valence-electron chi connectivity index (χ0n) is 12.0. The number of aliphatic carboxylic acids is 1. The molecule has 0 aliphatic heterocycles. The van der Waals surface area contributed by atoms with Crippen molar-refractivity contribution in [1.82, 2.24) is 10.6 Å². The van der Waals surface area contributed by atoms with Crippen molar-refractivity contribution in [3.8, 4) is 0 Å². The quantitative estimate of drug-likeness (QED) is 0.598. The second-order valence-corrected chi connectivity index (χ2v) is 8.39. The van der Waals surface area contributed by atoms with Gasteiger partial charge in [-0.2, -0.15) is 0 Å². The normalized spacial score (nSPS) is 20.1. The van der Waals surface area contributed by atoms with Gasteiger partial charge < -0.3 is 15.7 Å². The van der Waals surface area contributed by atoms with Gasteiger partial charge in [-0.1, -0.05) is 0 Å². The molecule has 120 valence electrons. The van der Waals surface area contributed by atoms with Crippen LogP contribution in [-0.2, 0) is 14.6 Å². The lowest BCUT2D eigenvalue weighted by Crippen LogP contribution is -2.50. The van der Waals surface area contributed by atoms with Crippen LogP contribution < -0.4 is 10.6 Å². The predicted octanol–water partition coefficient (Wildman–Crippen LogP) is 0.362. The second-order valence-electron chi connectivity index (χ2n) is 6.13. The summed E-state index contributed by atoms with van der Waals surface area (Å²) in [5.74, 6) is -0.452. The highest BCUT2D eigenvalue weighted by atomic mass is 32.2. The number of urea groups is 1. The summed E-state index contributed by atoms with van der Waals surface area (Å²) in [5.41, 5.74) is 0. The highest BCUT2D eigenvalue weighted by Gasteiger charge is 2.42. The molecule has 2 fully saturated rings. The summed E-state index contributed by atoms with van der Waals surface area (Å²) in [6.45, 7) is 0. The molecular formula is C13H22N2O5S. The van der Waals surface area contributed by atoms with E-state index in [1.807, 2.05) is 0 Å². The minimum Gasteiger partial charge on any atom is -0.480 e. The Bertz CT molecular complexity index is 499. The Labute approximate surface area is 124 Å². The van der Waals surface area contributed by atoms with E-state index in [9.17, 15) is 18.0 Å². The summed E-state index contributed by atoms with van der Waals surface area (Å²) >= 11 is 0. The van der Waals surface area contributed by atoms with E-state index in [4.69, 9.17) is 5.11 Å². The zero-order valence-corrected chi connectivity index (χ0v) is 12.9. The number of carboxylic acids is 1. The van der Waals surface area contributed by atoms with Gasteiger partial charge >= 0.3 is 12.0 Å². The van der Waals surface area contributed by atoms with Crippen molar-refractivity contribution in [1.29, 1.82) is 0 Å². The Morgan fingerprint density at radius 3 is 2.05 bits per heavy atom. The minimum absolute atomic E-state index is 0.126. The first-order valence-corrected chi connectivity index (χ1v) is 9.30. The minimum atomic E-state index is -3.25. The van der Waals surface area contributed by atoms with Gasteiger partial charge in [0.1, 0.15) is 15.9 Å². The molecule has 2 saturated carbocycles. The molecule has 2 aliphatic carbocycles. The Balaban J connectivity index is 1.83. The summed E-state index contributed by atoms with van der Waals surface area (Å²) in [4.78, 5) is 23.0. The number of carbonyl (C=O) groups is 2. The topological polar surface area (TPSA) is 113 Å². The molecule has 0 aromatic heterocycles. The van der Waals surface area contributed by atoms with Gasteiger partial charge in [0.05, 0.1) is 5.75 Å². The number of amides is 2. The summed E-state index contributed by atoms with van der Waals surface area (Å²) in [7, 11) is -3.25. The van der Waals surface area contributed by atoms with Crippen molar-refractivity contribution in [2.24, 2.45) is 11.8 Å². The summed E-state index contributed by atoms with van der Waals surface area (Å²) in [5, 5.41) is 14.3. The van der Waals surface area contributed by atoms with Gasteiger partial charge in [0, 0.05) is 12.3 Å². The fourth-order valence-corrected chi connectivity index (χ4v) is 3.14. The Hall–Kier alpha value is -1.31. The predicted molar refractivity (Wildman–Crippen MR) is 76.7 cm³/mol. The van der Waals surface area contributed by atoms with E-state index in [2.05, 4.69) is 10.6 Å². The molecule has 0 radical (unpaired) electrons. The first-order valence-electron chi connectivity index (χ1n) is 7.24. The molecule has 2 aliphatic rings. The van der Waals surface area contributed by atoms with E-state index in [0.29, 0.717) is 11.8 Å². The van der Waals surface area contributed by atoms with Crippen LogP contribution >= 0.6 is 0 Å². The van der Waals surface area contributed by atoms with Crippen LogP contribution in [0, 0.1) is 11.8 Å². The molecule has 2 rings (SSSR count). The fourth-order valence-electron chi connectivity index (χ4n) is 2.47. The van der Waals surface area contributed by atoms with Gasteiger partial charge in [-0.3, -0.25) is 0 Å². The number of sulfone groups is 1. The lowest BCUT2D eigenvalue weighted by atomic mass is 10.1. The number of rotatable bonds is 8. The second kappa shape index (κ2) is 6.21. The van der Waals surface area contributed by atoms with Gasteiger partial charge in [0.25, 0.3) is 0 Å². The average molecular weight is 318 g/mol. The van der Waals surface area contributed by atoms with Crippen molar-refractivity contribution >= 4 is 21.8 Å². The van der Waals surface area contributed by atoms with Crippen LogP contribution in [0.3, 0.4) is 0 Å². The fraction of sp³-hybridized carbons (Fsp3) is 0.846. The van der Waals surface area contributed by atoms with Crippen molar-refractivity contribution in [2.75, 3.05) is 12.0 Å². The zero-order chi connectivity index (χ0) is 15.6. The molecule has 2 amide bonds. The van der Waals surface area contributed by atoms with Gasteiger partial charge in [-0.25, -0.2) is 18.0 Å². The van der Waals surface area contributed by atoms with E-state index in [1.54, 1.807) is 0 Å². The average Bonchev–Trinajstić information content (AvgIpc) is 3.24. The maximum atomic E-state index is 11.9. The van der Waals surface area contributed by atoms with Crippen LogP contribution in [0.15, 0.2) is 0 Å². The molecule has 0 aromatic rings. The highest BCUT2D eigenvalue weighted by molar-refractivity contribution is 7.90. The smallest absolute Gasteiger partial charge is 0.326 e. The van der Waals surface area contributed by atoms with Gasteiger partial charge in [0.2, 0.25) is 0 Å². The molecule has 0 saturated heterocycles. The van der Waals surface area contributed by atoms with Gasteiger partial charge in [-0.15, -0.1) is 0 Å². The summed E-state index contributed by atoms with van der Waals surface area (Å²) in [6, 6.07) is -1.56.